The molecular formula is C21H23ClN6O. The Balaban J connectivity index is 1.34. The molecule has 1 N–H and O–H groups in total. The first kappa shape index (κ1) is 18.2. The third kappa shape index (κ3) is 3.62. The van der Waals surface area contributed by atoms with E-state index in [2.05, 4.69) is 44.3 Å². The van der Waals surface area contributed by atoms with E-state index in [9.17, 15) is 4.79 Å². The van der Waals surface area contributed by atoms with Crippen molar-refractivity contribution in [1.82, 2.24) is 14.6 Å². The van der Waals surface area contributed by atoms with Gasteiger partial charge >= 0.3 is 0 Å². The fourth-order valence-electron chi connectivity index (χ4n) is 3.84. The van der Waals surface area contributed by atoms with Crippen LogP contribution in [-0.2, 0) is 4.79 Å². The molecule has 3 aromatic rings. The highest BCUT2D eigenvalue weighted by molar-refractivity contribution is 6.30. The number of aromatic nitrogens is 3. The standard InChI is InChI=1S/C21H23ClN6O/c1-14-5-8-16(22)13-17(14)26-9-11-27(12-10-26)19-4-2-3-18-23-21(25-28(18)19)24-20(29)15-6-7-15/h2-5,8,13,15H,6-7,9-12H2,1H3,(H,24,25,29). The first-order valence-electron chi connectivity index (χ1n) is 10.0. The molecule has 8 heteroatoms. The van der Waals surface area contributed by atoms with E-state index in [4.69, 9.17) is 11.6 Å². The molecule has 1 saturated carbocycles. The maximum Gasteiger partial charge on any atom is 0.249 e. The quantitative estimate of drug-likeness (QED) is 0.714. The summed E-state index contributed by atoms with van der Waals surface area (Å²) in [6.07, 6.45) is 1.92. The van der Waals surface area contributed by atoms with Gasteiger partial charge in [0.25, 0.3) is 0 Å². The lowest BCUT2D eigenvalue weighted by atomic mass is 10.1. The Morgan fingerprint density at radius 1 is 1.10 bits per heavy atom. The van der Waals surface area contributed by atoms with Gasteiger partial charge in [0.15, 0.2) is 5.65 Å². The van der Waals surface area contributed by atoms with Crippen molar-refractivity contribution in [2.24, 2.45) is 5.92 Å². The van der Waals surface area contributed by atoms with Crippen LogP contribution in [0.5, 0.6) is 0 Å². The van der Waals surface area contributed by atoms with Crippen molar-refractivity contribution in [1.29, 1.82) is 0 Å². The molecule has 2 aromatic heterocycles. The Hall–Kier alpha value is -2.80. The van der Waals surface area contributed by atoms with Crippen LogP contribution in [0.25, 0.3) is 5.65 Å². The second kappa shape index (κ2) is 7.22. The van der Waals surface area contributed by atoms with Gasteiger partial charge in [0.1, 0.15) is 5.82 Å². The van der Waals surface area contributed by atoms with Gasteiger partial charge in [-0.05, 0) is 49.6 Å². The summed E-state index contributed by atoms with van der Waals surface area (Å²) < 4.78 is 1.82. The molecule has 1 aliphatic carbocycles. The van der Waals surface area contributed by atoms with Crippen LogP contribution in [0.15, 0.2) is 36.4 Å². The SMILES string of the molecule is Cc1ccc(Cl)cc1N1CCN(c2cccc3nc(NC(=O)C4CC4)nn23)CC1. The lowest BCUT2D eigenvalue weighted by molar-refractivity contribution is -0.117. The Bertz CT molecular complexity index is 1070. The maximum absolute atomic E-state index is 12.0. The van der Waals surface area contributed by atoms with Crippen molar-refractivity contribution in [3.8, 4) is 0 Å². The van der Waals surface area contributed by atoms with E-state index < -0.39 is 0 Å². The number of benzene rings is 1. The number of fused-ring (bicyclic) bond motifs is 1. The van der Waals surface area contributed by atoms with Gasteiger partial charge in [-0.15, -0.1) is 5.10 Å². The van der Waals surface area contributed by atoms with Crippen molar-refractivity contribution in [3.05, 3.63) is 47.0 Å². The van der Waals surface area contributed by atoms with Crippen molar-refractivity contribution >= 4 is 40.6 Å². The molecule has 2 fully saturated rings. The van der Waals surface area contributed by atoms with Crippen molar-refractivity contribution in [2.75, 3.05) is 41.3 Å². The van der Waals surface area contributed by atoms with Gasteiger partial charge in [0, 0.05) is 42.8 Å². The summed E-state index contributed by atoms with van der Waals surface area (Å²) in [6.45, 7) is 5.66. The highest BCUT2D eigenvalue weighted by Gasteiger charge is 2.30. The molecule has 2 aliphatic rings. The summed E-state index contributed by atoms with van der Waals surface area (Å²) in [5.41, 5.74) is 3.17. The van der Waals surface area contributed by atoms with Gasteiger partial charge in [0.05, 0.1) is 0 Å². The van der Waals surface area contributed by atoms with Gasteiger partial charge in [0.2, 0.25) is 11.9 Å². The summed E-state index contributed by atoms with van der Waals surface area (Å²) in [6, 6.07) is 12.0. The van der Waals surface area contributed by atoms with Crippen molar-refractivity contribution < 1.29 is 4.79 Å². The van der Waals surface area contributed by atoms with E-state index in [1.807, 2.05) is 28.8 Å². The third-order valence-corrected chi connectivity index (χ3v) is 5.87. The molecule has 1 aliphatic heterocycles. The number of nitrogens with zero attached hydrogens (tertiary/aromatic N) is 5. The average Bonchev–Trinajstić information content (AvgIpc) is 3.50. The van der Waals surface area contributed by atoms with Crippen LogP contribution in [0.1, 0.15) is 18.4 Å². The number of amides is 1. The normalized spacial score (nSPS) is 17.0. The number of pyridine rings is 1. The fourth-order valence-corrected chi connectivity index (χ4v) is 4.01. The van der Waals surface area contributed by atoms with Crippen LogP contribution in [0.2, 0.25) is 5.02 Å². The first-order chi connectivity index (χ1) is 14.1. The summed E-state index contributed by atoms with van der Waals surface area (Å²) in [7, 11) is 0. The number of halogens is 1. The zero-order chi connectivity index (χ0) is 20.0. The largest absolute Gasteiger partial charge is 0.368 e. The van der Waals surface area contributed by atoms with E-state index in [0.717, 1.165) is 55.5 Å². The molecule has 7 nitrogen and oxygen atoms in total. The number of aryl methyl sites for hydroxylation is 1. The van der Waals surface area contributed by atoms with Crippen LogP contribution in [0, 0.1) is 12.8 Å². The molecule has 0 radical (unpaired) electrons. The van der Waals surface area contributed by atoms with E-state index in [1.165, 1.54) is 11.3 Å². The zero-order valence-corrected chi connectivity index (χ0v) is 17.1. The van der Waals surface area contributed by atoms with E-state index in [0.29, 0.717) is 5.95 Å². The van der Waals surface area contributed by atoms with Gasteiger partial charge in [-0.3, -0.25) is 10.1 Å². The summed E-state index contributed by atoms with van der Waals surface area (Å²) >= 11 is 6.20. The van der Waals surface area contributed by atoms with Crippen LogP contribution in [0.3, 0.4) is 0 Å². The minimum Gasteiger partial charge on any atom is -0.368 e. The smallest absolute Gasteiger partial charge is 0.249 e. The number of hydrogen-bond donors (Lipinski definition) is 1. The van der Waals surface area contributed by atoms with E-state index >= 15 is 0 Å². The van der Waals surface area contributed by atoms with Gasteiger partial charge in [-0.2, -0.15) is 9.50 Å². The maximum atomic E-state index is 12.0. The number of hydrogen-bond acceptors (Lipinski definition) is 5. The molecule has 5 rings (SSSR count). The lowest BCUT2D eigenvalue weighted by Gasteiger charge is -2.37. The molecule has 3 heterocycles. The number of anilines is 3. The molecule has 1 aromatic carbocycles. The van der Waals surface area contributed by atoms with Crippen molar-refractivity contribution in [2.45, 2.75) is 19.8 Å². The first-order valence-corrected chi connectivity index (χ1v) is 10.4. The summed E-state index contributed by atoms with van der Waals surface area (Å²) in [5, 5.41) is 8.15. The van der Waals surface area contributed by atoms with Gasteiger partial charge in [-0.1, -0.05) is 23.7 Å². The van der Waals surface area contributed by atoms with Crippen LogP contribution >= 0.6 is 11.6 Å². The average molecular weight is 411 g/mol. The number of nitrogens with one attached hydrogen (secondary N) is 1. The third-order valence-electron chi connectivity index (χ3n) is 5.64. The van der Waals surface area contributed by atoms with Crippen LogP contribution < -0.4 is 15.1 Å². The Labute approximate surface area is 174 Å². The van der Waals surface area contributed by atoms with Crippen LogP contribution in [-0.4, -0.2) is 46.7 Å². The van der Waals surface area contributed by atoms with Crippen LogP contribution in [0.4, 0.5) is 17.5 Å². The predicted octanol–water partition coefficient (Wildman–Crippen LogP) is 3.37. The highest BCUT2D eigenvalue weighted by Crippen LogP contribution is 2.30. The monoisotopic (exact) mass is 410 g/mol. The minimum atomic E-state index is 0.0213. The number of rotatable bonds is 4. The predicted molar refractivity (Wildman–Crippen MR) is 115 cm³/mol. The Morgan fingerprint density at radius 3 is 2.62 bits per heavy atom. The van der Waals surface area contributed by atoms with Gasteiger partial charge < -0.3 is 9.80 Å². The minimum absolute atomic E-state index is 0.0213. The number of carbonyl (C=O) groups is 1. The molecule has 150 valence electrons. The molecule has 0 atom stereocenters. The number of carbonyl (C=O) groups excluding carboxylic acids is 1. The molecule has 1 saturated heterocycles. The molecule has 0 unspecified atom stereocenters. The molecule has 29 heavy (non-hydrogen) atoms. The Morgan fingerprint density at radius 2 is 1.86 bits per heavy atom. The van der Waals surface area contributed by atoms with E-state index in [1.54, 1.807) is 0 Å². The number of piperazine rings is 1. The second-order valence-electron chi connectivity index (χ2n) is 7.76. The molecule has 0 bridgehead atoms. The lowest BCUT2D eigenvalue weighted by Crippen LogP contribution is -2.47. The summed E-state index contributed by atoms with van der Waals surface area (Å²) in [4.78, 5) is 21.2. The highest BCUT2D eigenvalue weighted by atomic mass is 35.5. The van der Waals surface area contributed by atoms with Gasteiger partial charge in [-0.25, -0.2) is 0 Å². The second-order valence-corrected chi connectivity index (χ2v) is 8.19. The molecular weight excluding hydrogens is 388 g/mol. The Kier molecular flexibility index (Phi) is 4.54. The van der Waals surface area contributed by atoms with Crippen molar-refractivity contribution in [3.63, 3.8) is 0 Å². The fraction of sp³-hybridized carbons (Fsp3) is 0.381. The molecule has 1 amide bonds. The topological polar surface area (TPSA) is 65.8 Å². The zero-order valence-electron chi connectivity index (χ0n) is 16.3. The van der Waals surface area contributed by atoms with E-state index in [-0.39, 0.29) is 11.8 Å². The summed E-state index contributed by atoms with van der Waals surface area (Å²) in [5.74, 6) is 1.52. The molecule has 0 spiro atoms.